The summed E-state index contributed by atoms with van der Waals surface area (Å²) in [5.74, 6) is 0.615. The number of hydrogen-bond acceptors (Lipinski definition) is 3. The van der Waals surface area contributed by atoms with E-state index in [4.69, 9.17) is 44.9 Å². The first-order valence-electron chi connectivity index (χ1n) is 7.08. The van der Waals surface area contributed by atoms with Gasteiger partial charge in [0, 0.05) is 16.3 Å². The van der Waals surface area contributed by atoms with Crippen LogP contribution in [0.3, 0.4) is 0 Å². The molecule has 2 rings (SSSR count). The van der Waals surface area contributed by atoms with E-state index < -0.39 is 0 Å². The quantitative estimate of drug-likeness (QED) is 0.707. The van der Waals surface area contributed by atoms with E-state index in [1.165, 1.54) is 7.11 Å². The molecule has 2 aromatic carbocycles. The molecule has 0 heterocycles. The van der Waals surface area contributed by atoms with Gasteiger partial charge in [-0.05, 0) is 48.5 Å². The summed E-state index contributed by atoms with van der Waals surface area (Å²) in [6, 6.07) is 11.2. The molecule has 3 nitrogen and oxygen atoms in total. The normalized spacial score (nSPS) is 10.3. The van der Waals surface area contributed by atoms with Gasteiger partial charge in [-0.3, -0.25) is 0 Å². The summed E-state index contributed by atoms with van der Waals surface area (Å²) < 4.78 is 10.8. The molecule has 0 aromatic heterocycles. The lowest BCUT2D eigenvalue weighted by molar-refractivity contribution is 0.307. The van der Waals surface area contributed by atoms with Crippen molar-refractivity contribution in [3.8, 4) is 5.75 Å². The lowest BCUT2D eigenvalue weighted by Crippen LogP contribution is -2.13. The summed E-state index contributed by atoms with van der Waals surface area (Å²) in [7, 11) is 1.51. The average Bonchev–Trinajstić information content (AvgIpc) is 2.55. The lowest BCUT2D eigenvalue weighted by Gasteiger charge is -2.15. The second-order valence-electron chi connectivity index (χ2n) is 4.79. The highest BCUT2D eigenvalue weighted by atomic mass is 35.5. The summed E-state index contributed by atoms with van der Waals surface area (Å²) in [5.41, 5.74) is 2.68. The Bertz CT molecular complexity index is 707. The van der Waals surface area contributed by atoms with E-state index in [0.29, 0.717) is 15.8 Å². The number of anilines is 1. The maximum absolute atomic E-state index is 6.27. The highest BCUT2D eigenvalue weighted by Gasteiger charge is 2.11. The van der Waals surface area contributed by atoms with E-state index in [2.05, 4.69) is 12.2 Å². The van der Waals surface area contributed by atoms with E-state index in [9.17, 15) is 0 Å². The molecule has 0 aliphatic carbocycles. The molecular weight excluding hydrogens is 353 g/mol. The number of ether oxygens (including phenoxy) is 2. The van der Waals surface area contributed by atoms with Gasteiger partial charge >= 0.3 is 0 Å². The topological polar surface area (TPSA) is 30.5 Å². The number of rotatable bonds is 5. The van der Waals surface area contributed by atoms with E-state index in [0.717, 1.165) is 23.2 Å². The second-order valence-corrected chi connectivity index (χ2v) is 5.97. The van der Waals surface area contributed by atoms with Crippen LogP contribution in [-0.2, 0) is 17.8 Å². The number of methoxy groups -OCH3 is 1. The highest BCUT2D eigenvalue weighted by molar-refractivity contribution is 7.80. The predicted octanol–water partition coefficient (Wildman–Crippen LogP) is 5.48. The largest absolute Gasteiger partial charge is 0.487 e. The Balaban J connectivity index is 2.18. The Hall–Kier alpha value is -1.49. The molecule has 0 aliphatic heterocycles. The molecule has 0 aliphatic rings. The zero-order chi connectivity index (χ0) is 16.8. The summed E-state index contributed by atoms with van der Waals surface area (Å²) >= 11 is 17.5. The van der Waals surface area contributed by atoms with E-state index >= 15 is 0 Å². The molecule has 6 heteroatoms. The molecule has 0 amide bonds. The van der Waals surface area contributed by atoms with Crippen LogP contribution in [-0.4, -0.2) is 12.3 Å². The van der Waals surface area contributed by atoms with Gasteiger partial charge in [-0.25, -0.2) is 0 Å². The third-order valence-corrected chi connectivity index (χ3v) is 4.24. The van der Waals surface area contributed by atoms with Crippen LogP contribution < -0.4 is 10.1 Å². The molecule has 2 aromatic rings. The van der Waals surface area contributed by atoms with Crippen LogP contribution in [0.2, 0.25) is 10.0 Å². The maximum Gasteiger partial charge on any atom is 0.260 e. The van der Waals surface area contributed by atoms with Gasteiger partial charge in [0.05, 0.1) is 12.1 Å². The molecule has 0 unspecified atom stereocenters. The molecule has 0 saturated carbocycles. The fraction of sp³-hybridized carbons (Fsp3) is 0.235. The lowest BCUT2D eigenvalue weighted by atomic mass is 10.1. The van der Waals surface area contributed by atoms with Gasteiger partial charge in [0.2, 0.25) is 0 Å². The molecule has 23 heavy (non-hydrogen) atoms. The van der Waals surface area contributed by atoms with Gasteiger partial charge < -0.3 is 14.8 Å². The van der Waals surface area contributed by atoms with E-state index in [1.807, 2.05) is 30.3 Å². The van der Waals surface area contributed by atoms with Crippen molar-refractivity contribution in [2.75, 3.05) is 12.4 Å². The van der Waals surface area contributed by atoms with Crippen molar-refractivity contribution in [2.45, 2.75) is 20.0 Å². The summed E-state index contributed by atoms with van der Waals surface area (Å²) in [5, 5.41) is 4.41. The molecular formula is C17H17Cl2NO2S. The maximum atomic E-state index is 6.27. The van der Waals surface area contributed by atoms with Crippen LogP contribution in [0.1, 0.15) is 18.1 Å². The molecule has 0 atom stereocenters. The van der Waals surface area contributed by atoms with E-state index in [1.54, 1.807) is 6.07 Å². The summed E-state index contributed by atoms with van der Waals surface area (Å²) in [4.78, 5) is 0. The Morgan fingerprint density at radius 1 is 1.17 bits per heavy atom. The molecule has 122 valence electrons. The third-order valence-electron chi connectivity index (χ3n) is 3.32. The zero-order valence-corrected chi connectivity index (χ0v) is 15.2. The zero-order valence-electron chi connectivity index (χ0n) is 12.9. The number of halogens is 2. The van der Waals surface area contributed by atoms with Crippen molar-refractivity contribution in [3.63, 3.8) is 0 Å². The average molecular weight is 370 g/mol. The first-order valence-corrected chi connectivity index (χ1v) is 8.25. The number of benzene rings is 2. The van der Waals surface area contributed by atoms with Gasteiger partial charge in [-0.2, -0.15) is 0 Å². The van der Waals surface area contributed by atoms with Gasteiger partial charge in [-0.1, -0.05) is 42.3 Å². The summed E-state index contributed by atoms with van der Waals surface area (Å²) in [6.45, 7) is 2.34. The van der Waals surface area contributed by atoms with Crippen molar-refractivity contribution in [1.82, 2.24) is 0 Å². The molecule has 0 radical (unpaired) electrons. The number of hydrogen-bond donors (Lipinski definition) is 1. The molecule has 0 saturated heterocycles. The van der Waals surface area contributed by atoms with Crippen molar-refractivity contribution >= 4 is 46.3 Å². The van der Waals surface area contributed by atoms with Gasteiger partial charge in [-0.15, -0.1) is 0 Å². The Kier molecular flexibility index (Phi) is 6.51. The van der Waals surface area contributed by atoms with Crippen LogP contribution in [0.4, 0.5) is 5.69 Å². The monoisotopic (exact) mass is 369 g/mol. The second kappa shape index (κ2) is 8.39. The minimum Gasteiger partial charge on any atom is -0.487 e. The van der Waals surface area contributed by atoms with Crippen molar-refractivity contribution in [3.05, 3.63) is 57.6 Å². The van der Waals surface area contributed by atoms with Crippen LogP contribution >= 0.6 is 35.4 Å². The van der Waals surface area contributed by atoms with Crippen LogP contribution in [0, 0.1) is 0 Å². The fourth-order valence-corrected chi connectivity index (χ4v) is 2.61. The van der Waals surface area contributed by atoms with Crippen LogP contribution in [0.5, 0.6) is 5.75 Å². The standard InChI is InChI=1S/C17H17Cl2NO2S/c1-3-11-7-8-16(14(19)9-11)22-10-12-13(18)5-4-6-15(12)20-17(23)21-2/h4-9H,3,10H2,1-2H3,(H,20,23). The molecule has 0 spiro atoms. The predicted molar refractivity (Wildman–Crippen MR) is 99.8 cm³/mol. The van der Waals surface area contributed by atoms with Gasteiger partial charge in [0.25, 0.3) is 5.17 Å². The smallest absolute Gasteiger partial charge is 0.260 e. The van der Waals surface area contributed by atoms with Crippen molar-refractivity contribution in [2.24, 2.45) is 0 Å². The van der Waals surface area contributed by atoms with Crippen molar-refractivity contribution in [1.29, 1.82) is 0 Å². The molecule has 0 bridgehead atoms. The minimum atomic E-state index is 0.263. The Morgan fingerprint density at radius 3 is 2.61 bits per heavy atom. The van der Waals surface area contributed by atoms with Crippen LogP contribution in [0.25, 0.3) is 0 Å². The Labute approximate surface area is 151 Å². The number of nitrogens with one attached hydrogen (secondary N) is 1. The van der Waals surface area contributed by atoms with Gasteiger partial charge in [0.1, 0.15) is 12.4 Å². The SMILES string of the molecule is CCc1ccc(OCc2c(Cl)cccc2NC(=S)OC)c(Cl)c1. The van der Waals surface area contributed by atoms with Crippen LogP contribution in [0.15, 0.2) is 36.4 Å². The molecule has 1 N–H and O–H groups in total. The van der Waals surface area contributed by atoms with Crippen molar-refractivity contribution < 1.29 is 9.47 Å². The first-order chi connectivity index (χ1) is 11.0. The van der Waals surface area contributed by atoms with Gasteiger partial charge in [0.15, 0.2) is 0 Å². The first kappa shape index (κ1) is 17.9. The number of aryl methyl sites for hydroxylation is 1. The summed E-state index contributed by atoms with van der Waals surface area (Å²) in [6.07, 6.45) is 0.924. The molecule has 0 fully saturated rings. The highest BCUT2D eigenvalue weighted by Crippen LogP contribution is 2.30. The third kappa shape index (κ3) is 4.74. The number of thiocarbonyl (C=S) groups is 1. The minimum absolute atomic E-state index is 0.263. The Morgan fingerprint density at radius 2 is 1.96 bits per heavy atom. The fourth-order valence-electron chi connectivity index (χ4n) is 2.01. The van der Waals surface area contributed by atoms with E-state index in [-0.39, 0.29) is 11.8 Å².